The van der Waals surface area contributed by atoms with E-state index in [2.05, 4.69) is 49.4 Å². The van der Waals surface area contributed by atoms with Crippen LogP contribution < -0.4 is 11.3 Å². The van der Waals surface area contributed by atoms with E-state index in [1.165, 1.54) is 11.0 Å². The van der Waals surface area contributed by atoms with Crippen molar-refractivity contribution >= 4 is 43.6 Å². The summed E-state index contributed by atoms with van der Waals surface area (Å²) < 4.78 is 14.8. The first-order chi connectivity index (χ1) is 10.1. The predicted molar refractivity (Wildman–Crippen MR) is 93.8 cm³/mol. The second-order valence-electron chi connectivity index (χ2n) is 4.58. The fraction of sp³-hybridized carbons (Fsp3) is 0.200. The van der Waals surface area contributed by atoms with Gasteiger partial charge >= 0.3 is 0 Å². The molecule has 0 aliphatic rings. The first-order valence-electron chi connectivity index (χ1n) is 6.37. The Balaban J connectivity index is 1.95. The summed E-state index contributed by atoms with van der Waals surface area (Å²) in [6, 6.07) is 13.3. The van der Waals surface area contributed by atoms with Crippen LogP contribution in [-0.2, 0) is 6.42 Å². The molecule has 2 nitrogen and oxygen atoms in total. The Morgan fingerprint density at radius 2 is 2.00 bits per heavy atom. The van der Waals surface area contributed by atoms with Crippen LogP contribution in [0.15, 0.2) is 56.3 Å². The highest BCUT2D eigenvalue weighted by atomic mass is 79.9. The van der Waals surface area contributed by atoms with Gasteiger partial charge in [0.25, 0.3) is 0 Å². The Labute approximate surface area is 144 Å². The quantitative estimate of drug-likeness (QED) is 0.399. The average Bonchev–Trinajstić information content (AvgIpc) is 2.47. The van der Waals surface area contributed by atoms with Crippen LogP contribution in [0.4, 0.5) is 4.39 Å². The van der Waals surface area contributed by atoms with Gasteiger partial charge in [-0.05, 0) is 58.2 Å². The summed E-state index contributed by atoms with van der Waals surface area (Å²) in [6.07, 6.45) is 0.746. The van der Waals surface area contributed by atoms with Gasteiger partial charge in [-0.2, -0.15) is 0 Å². The van der Waals surface area contributed by atoms with Crippen molar-refractivity contribution in [2.24, 2.45) is 5.84 Å². The summed E-state index contributed by atoms with van der Waals surface area (Å²) in [4.78, 5) is 1.19. The van der Waals surface area contributed by atoms with Gasteiger partial charge in [-0.3, -0.25) is 11.3 Å². The molecule has 112 valence electrons. The van der Waals surface area contributed by atoms with Crippen molar-refractivity contribution in [1.29, 1.82) is 0 Å². The second kappa shape index (κ2) is 8.29. The van der Waals surface area contributed by atoms with Gasteiger partial charge in [0.2, 0.25) is 0 Å². The molecule has 6 heteroatoms. The zero-order valence-corrected chi connectivity index (χ0v) is 15.1. The van der Waals surface area contributed by atoms with Crippen LogP contribution in [0.3, 0.4) is 0 Å². The van der Waals surface area contributed by atoms with E-state index in [4.69, 9.17) is 5.84 Å². The van der Waals surface area contributed by atoms with Crippen LogP contribution in [0, 0.1) is 5.82 Å². The van der Waals surface area contributed by atoms with Crippen molar-refractivity contribution in [2.75, 3.05) is 5.75 Å². The van der Waals surface area contributed by atoms with Gasteiger partial charge in [0.15, 0.2) is 0 Å². The molecule has 0 amide bonds. The first kappa shape index (κ1) is 17.0. The van der Waals surface area contributed by atoms with Crippen molar-refractivity contribution in [3.63, 3.8) is 0 Å². The maximum absolute atomic E-state index is 13.2. The molecule has 0 saturated heterocycles. The van der Waals surface area contributed by atoms with E-state index in [1.54, 1.807) is 23.9 Å². The molecule has 0 saturated carbocycles. The number of nitrogens with two attached hydrogens (primary N) is 1. The topological polar surface area (TPSA) is 38.0 Å². The molecule has 2 aromatic rings. The number of thioether (sulfide) groups is 1. The standard InChI is InChI=1S/C15H15Br2FN2S/c16-11-2-1-3-13(8-11)21-9-12(20-19)6-10-4-5-15(18)14(17)7-10/h1-5,7-8,12,20H,6,9,19H2. The highest BCUT2D eigenvalue weighted by Gasteiger charge is 2.10. The first-order valence-corrected chi connectivity index (χ1v) is 8.94. The van der Waals surface area contributed by atoms with Gasteiger partial charge in [0, 0.05) is 21.2 Å². The highest BCUT2D eigenvalue weighted by Crippen LogP contribution is 2.24. The fourth-order valence-electron chi connectivity index (χ4n) is 1.87. The van der Waals surface area contributed by atoms with Crippen molar-refractivity contribution in [2.45, 2.75) is 17.4 Å². The molecule has 21 heavy (non-hydrogen) atoms. The lowest BCUT2D eigenvalue weighted by molar-refractivity contribution is 0.573. The highest BCUT2D eigenvalue weighted by molar-refractivity contribution is 9.10. The van der Waals surface area contributed by atoms with Crippen molar-refractivity contribution < 1.29 is 4.39 Å². The predicted octanol–water partition coefficient (Wildman–Crippen LogP) is 4.52. The minimum Gasteiger partial charge on any atom is -0.271 e. The summed E-state index contributed by atoms with van der Waals surface area (Å²) in [5, 5.41) is 0. The number of hydrogen-bond acceptors (Lipinski definition) is 3. The molecule has 0 radical (unpaired) electrons. The van der Waals surface area contributed by atoms with Gasteiger partial charge in [0.1, 0.15) is 5.82 Å². The van der Waals surface area contributed by atoms with Gasteiger partial charge in [-0.1, -0.05) is 28.1 Å². The monoisotopic (exact) mass is 432 g/mol. The number of hydrazine groups is 1. The molecule has 2 rings (SSSR count). The molecule has 0 aliphatic carbocycles. The smallest absolute Gasteiger partial charge is 0.137 e. The summed E-state index contributed by atoms with van der Waals surface area (Å²) in [6.45, 7) is 0. The maximum Gasteiger partial charge on any atom is 0.137 e. The molecule has 0 aliphatic heterocycles. The lowest BCUT2D eigenvalue weighted by Crippen LogP contribution is -2.38. The van der Waals surface area contributed by atoms with E-state index in [9.17, 15) is 4.39 Å². The molecule has 1 unspecified atom stereocenters. The second-order valence-corrected chi connectivity index (χ2v) is 7.45. The Morgan fingerprint density at radius 3 is 2.67 bits per heavy atom. The minimum absolute atomic E-state index is 0.117. The number of halogens is 3. The van der Waals surface area contributed by atoms with Crippen LogP contribution in [0.2, 0.25) is 0 Å². The van der Waals surface area contributed by atoms with E-state index in [-0.39, 0.29) is 11.9 Å². The molecule has 0 bridgehead atoms. The van der Waals surface area contributed by atoms with Gasteiger partial charge in [-0.15, -0.1) is 11.8 Å². The maximum atomic E-state index is 13.2. The van der Waals surface area contributed by atoms with Crippen LogP contribution in [0.5, 0.6) is 0 Å². The number of rotatable bonds is 6. The number of benzene rings is 2. The fourth-order valence-corrected chi connectivity index (χ4v) is 3.84. The number of hydrogen-bond donors (Lipinski definition) is 2. The van der Waals surface area contributed by atoms with E-state index < -0.39 is 0 Å². The summed E-state index contributed by atoms with van der Waals surface area (Å²) in [5.41, 5.74) is 3.87. The molecule has 0 aromatic heterocycles. The normalized spacial score (nSPS) is 12.4. The van der Waals surface area contributed by atoms with Crippen molar-refractivity contribution in [3.05, 3.63) is 62.8 Å². The zero-order valence-electron chi connectivity index (χ0n) is 11.2. The summed E-state index contributed by atoms with van der Waals surface area (Å²) in [7, 11) is 0. The van der Waals surface area contributed by atoms with Crippen molar-refractivity contribution in [1.82, 2.24) is 5.43 Å². The largest absolute Gasteiger partial charge is 0.271 e. The van der Waals surface area contributed by atoms with E-state index in [0.29, 0.717) is 4.47 Å². The van der Waals surface area contributed by atoms with E-state index in [1.807, 2.05) is 12.1 Å². The third kappa shape index (κ3) is 5.38. The van der Waals surface area contributed by atoms with E-state index >= 15 is 0 Å². The van der Waals surface area contributed by atoms with Crippen LogP contribution in [0.1, 0.15) is 5.56 Å². The molecular formula is C15H15Br2FN2S. The Bertz CT molecular complexity index is 610. The van der Waals surface area contributed by atoms with Gasteiger partial charge < -0.3 is 0 Å². The molecule has 0 spiro atoms. The molecule has 0 fully saturated rings. The van der Waals surface area contributed by atoms with Crippen LogP contribution >= 0.6 is 43.6 Å². The lowest BCUT2D eigenvalue weighted by Gasteiger charge is -2.16. The third-order valence-electron chi connectivity index (χ3n) is 2.95. The summed E-state index contributed by atoms with van der Waals surface area (Å²) in [5.74, 6) is 6.21. The van der Waals surface area contributed by atoms with Gasteiger partial charge in [0.05, 0.1) is 4.47 Å². The SMILES string of the molecule is NNC(CSc1cccc(Br)c1)Cc1ccc(F)c(Br)c1. The summed E-state index contributed by atoms with van der Waals surface area (Å²) >= 11 is 8.40. The number of nitrogens with one attached hydrogen (secondary N) is 1. The Hall–Kier alpha value is -0.400. The molecule has 0 heterocycles. The Kier molecular flexibility index (Phi) is 6.70. The third-order valence-corrected chi connectivity index (χ3v) is 5.21. The van der Waals surface area contributed by atoms with Crippen molar-refractivity contribution in [3.8, 4) is 0 Å². The van der Waals surface area contributed by atoms with Crippen LogP contribution in [-0.4, -0.2) is 11.8 Å². The van der Waals surface area contributed by atoms with Gasteiger partial charge in [-0.25, -0.2) is 4.39 Å². The molecule has 1 atom stereocenters. The van der Waals surface area contributed by atoms with E-state index in [0.717, 1.165) is 22.2 Å². The zero-order chi connectivity index (χ0) is 15.2. The molecule has 2 aromatic carbocycles. The average molecular weight is 434 g/mol. The Morgan fingerprint density at radius 1 is 1.19 bits per heavy atom. The molecular weight excluding hydrogens is 419 g/mol. The van der Waals surface area contributed by atoms with Crippen LogP contribution in [0.25, 0.3) is 0 Å². The lowest BCUT2D eigenvalue weighted by atomic mass is 10.1. The minimum atomic E-state index is -0.250. The molecule has 3 N–H and O–H groups in total.